The number of rotatable bonds is 6. The van der Waals surface area contributed by atoms with Crippen molar-refractivity contribution in [3.63, 3.8) is 0 Å². The Balaban J connectivity index is 4.29. The molecule has 0 aromatic heterocycles. The van der Waals surface area contributed by atoms with Crippen molar-refractivity contribution in [2.75, 3.05) is 25.6 Å². The van der Waals surface area contributed by atoms with Crippen LogP contribution in [0.2, 0.25) is 0 Å². The third-order valence-electron chi connectivity index (χ3n) is 1.63. The zero-order valence-electron chi connectivity index (χ0n) is 9.46. The van der Waals surface area contributed by atoms with Crippen LogP contribution in [0.25, 0.3) is 0 Å². The maximum absolute atomic E-state index is 11.4. The monoisotopic (exact) mass is 235 g/mol. The number of carbonyl (C=O) groups is 2. The molecule has 0 aliphatic carbocycles. The Kier molecular flexibility index (Phi) is 7.13. The first kappa shape index (κ1) is 14.2. The Labute approximate surface area is 95.5 Å². The van der Waals surface area contributed by atoms with Crippen molar-refractivity contribution in [1.82, 2.24) is 4.90 Å². The van der Waals surface area contributed by atoms with Gasteiger partial charge in [-0.3, -0.25) is 4.79 Å². The average molecular weight is 236 g/mol. The summed E-state index contributed by atoms with van der Waals surface area (Å²) in [4.78, 5) is 24.0. The summed E-state index contributed by atoms with van der Waals surface area (Å²) in [6, 6.07) is 0. The molecular formula is C10H18ClNO3. The van der Waals surface area contributed by atoms with Gasteiger partial charge in [-0.1, -0.05) is 13.8 Å². The molecule has 4 nitrogen and oxygen atoms in total. The lowest BCUT2D eigenvalue weighted by Gasteiger charge is -2.22. The van der Waals surface area contributed by atoms with Gasteiger partial charge in [0.1, 0.15) is 0 Å². The molecular weight excluding hydrogens is 218 g/mol. The Bertz CT molecular complexity index is 219. The average Bonchev–Trinajstić information content (AvgIpc) is 2.16. The third-order valence-corrected chi connectivity index (χ3v) is 1.93. The van der Waals surface area contributed by atoms with Crippen molar-refractivity contribution < 1.29 is 14.3 Å². The highest BCUT2D eigenvalue weighted by atomic mass is 35.5. The van der Waals surface area contributed by atoms with Crippen LogP contribution in [-0.2, 0) is 9.53 Å². The van der Waals surface area contributed by atoms with E-state index >= 15 is 0 Å². The lowest BCUT2D eigenvalue weighted by Crippen LogP contribution is -2.39. The molecule has 0 N–H and O–H groups in total. The highest BCUT2D eigenvalue weighted by molar-refractivity contribution is 6.28. The van der Waals surface area contributed by atoms with Gasteiger partial charge in [-0.05, 0) is 12.8 Å². The summed E-state index contributed by atoms with van der Waals surface area (Å²) in [6.07, 6.45) is -0.454. The quantitative estimate of drug-likeness (QED) is 0.661. The molecule has 0 aliphatic heterocycles. The Morgan fingerprint density at radius 3 is 2.40 bits per heavy atom. The molecule has 88 valence electrons. The molecule has 1 amide bonds. The molecule has 0 saturated carbocycles. The smallest absolute Gasteiger partial charge is 0.410 e. The number of alkyl halides is 1. The maximum atomic E-state index is 11.4. The molecule has 0 radical (unpaired) electrons. The number of nitrogens with zero attached hydrogens (tertiary/aromatic N) is 1. The molecule has 15 heavy (non-hydrogen) atoms. The number of hydrogen-bond donors (Lipinski definition) is 0. The first-order chi connectivity index (χ1) is 7.01. The molecule has 0 aromatic carbocycles. The summed E-state index contributed by atoms with van der Waals surface area (Å²) in [5.74, 6) is 0.0384. The van der Waals surface area contributed by atoms with Crippen LogP contribution >= 0.6 is 11.6 Å². The van der Waals surface area contributed by atoms with Gasteiger partial charge in [-0.25, -0.2) is 4.79 Å². The fourth-order valence-electron chi connectivity index (χ4n) is 1.11. The molecule has 0 unspecified atom stereocenters. The van der Waals surface area contributed by atoms with E-state index in [0.717, 1.165) is 0 Å². The predicted octanol–water partition coefficient (Wildman–Crippen LogP) is 1.91. The van der Waals surface area contributed by atoms with Gasteiger partial charge in [-0.15, -0.1) is 11.6 Å². The normalized spacial score (nSPS) is 10.2. The maximum Gasteiger partial charge on any atom is 0.410 e. The highest BCUT2D eigenvalue weighted by Gasteiger charge is 2.18. The number of hydrogen-bond acceptors (Lipinski definition) is 3. The zero-order chi connectivity index (χ0) is 11.8. The van der Waals surface area contributed by atoms with Crippen LogP contribution in [-0.4, -0.2) is 42.4 Å². The van der Waals surface area contributed by atoms with Crippen LogP contribution in [0.5, 0.6) is 0 Å². The van der Waals surface area contributed by atoms with E-state index in [2.05, 4.69) is 0 Å². The van der Waals surface area contributed by atoms with E-state index in [0.29, 0.717) is 13.2 Å². The third kappa shape index (κ3) is 6.33. The number of halogens is 1. The molecule has 0 rings (SSSR count). The minimum atomic E-state index is -0.454. The Morgan fingerprint density at radius 2 is 2.00 bits per heavy atom. The van der Waals surface area contributed by atoms with Gasteiger partial charge < -0.3 is 9.64 Å². The Morgan fingerprint density at radius 1 is 1.40 bits per heavy atom. The van der Waals surface area contributed by atoms with Crippen molar-refractivity contribution in [3.8, 4) is 0 Å². The molecule has 0 heterocycles. The summed E-state index contributed by atoms with van der Waals surface area (Å²) in [6.45, 7) is 6.51. The van der Waals surface area contributed by atoms with Gasteiger partial charge in [0.05, 0.1) is 19.0 Å². The van der Waals surface area contributed by atoms with E-state index in [4.69, 9.17) is 16.3 Å². The van der Waals surface area contributed by atoms with Crippen LogP contribution in [0.15, 0.2) is 0 Å². The van der Waals surface area contributed by atoms with E-state index in [1.807, 2.05) is 13.8 Å². The number of Topliss-reactive ketones (excluding diaryl/α,β-unsaturated/α-hetero) is 1. The number of carbonyl (C=O) groups excluding carboxylic acids is 2. The highest BCUT2D eigenvalue weighted by Crippen LogP contribution is 2.02. The fraction of sp³-hybridized carbons (Fsp3) is 0.800. The van der Waals surface area contributed by atoms with Gasteiger partial charge >= 0.3 is 6.09 Å². The van der Waals surface area contributed by atoms with E-state index in [9.17, 15) is 9.59 Å². The minimum Gasteiger partial charge on any atom is -0.450 e. The van der Waals surface area contributed by atoms with Crippen molar-refractivity contribution in [2.24, 2.45) is 5.92 Å². The van der Waals surface area contributed by atoms with Gasteiger partial charge in [-0.2, -0.15) is 0 Å². The van der Waals surface area contributed by atoms with Crippen molar-refractivity contribution in [1.29, 1.82) is 0 Å². The number of amides is 1. The predicted molar refractivity (Wildman–Crippen MR) is 59.2 cm³/mol. The van der Waals surface area contributed by atoms with Crippen LogP contribution in [0.3, 0.4) is 0 Å². The van der Waals surface area contributed by atoms with Crippen LogP contribution < -0.4 is 0 Å². The second-order valence-electron chi connectivity index (χ2n) is 3.65. The van der Waals surface area contributed by atoms with Gasteiger partial charge in [0.2, 0.25) is 0 Å². The van der Waals surface area contributed by atoms with Gasteiger partial charge in [0, 0.05) is 6.54 Å². The lowest BCUT2D eigenvalue weighted by molar-refractivity contribution is -0.117. The lowest BCUT2D eigenvalue weighted by atomic mass is 10.2. The van der Waals surface area contributed by atoms with E-state index in [-0.39, 0.29) is 24.1 Å². The van der Waals surface area contributed by atoms with Crippen molar-refractivity contribution in [2.45, 2.75) is 20.8 Å². The van der Waals surface area contributed by atoms with Crippen LogP contribution in [0.4, 0.5) is 4.79 Å². The van der Waals surface area contributed by atoms with E-state index in [1.165, 1.54) is 4.90 Å². The zero-order valence-corrected chi connectivity index (χ0v) is 10.2. The second-order valence-corrected chi connectivity index (χ2v) is 3.91. The standard InChI is InChI=1S/C10H18ClNO3/c1-4-15-10(14)12(6-8(2)3)7-9(13)5-11/h8H,4-7H2,1-3H3. The summed E-state index contributed by atoms with van der Waals surface area (Å²) in [7, 11) is 0. The molecule has 0 fully saturated rings. The second kappa shape index (κ2) is 7.51. The SMILES string of the molecule is CCOC(=O)N(CC(=O)CCl)CC(C)C. The largest absolute Gasteiger partial charge is 0.450 e. The van der Waals surface area contributed by atoms with E-state index in [1.54, 1.807) is 6.92 Å². The minimum absolute atomic E-state index is 0.0283. The topological polar surface area (TPSA) is 46.6 Å². The molecule has 0 bridgehead atoms. The van der Waals surface area contributed by atoms with E-state index < -0.39 is 6.09 Å². The first-order valence-corrected chi connectivity index (χ1v) is 5.54. The van der Waals surface area contributed by atoms with Gasteiger partial charge in [0.25, 0.3) is 0 Å². The Hall–Kier alpha value is -0.770. The molecule has 0 aliphatic rings. The molecule has 5 heteroatoms. The molecule has 0 atom stereocenters. The summed E-state index contributed by atoms with van der Waals surface area (Å²) in [5.41, 5.74) is 0. The fourth-order valence-corrected chi connectivity index (χ4v) is 1.20. The van der Waals surface area contributed by atoms with Crippen molar-refractivity contribution in [3.05, 3.63) is 0 Å². The van der Waals surface area contributed by atoms with Crippen LogP contribution in [0, 0.1) is 5.92 Å². The summed E-state index contributed by atoms with van der Waals surface area (Å²) < 4.78 is 4.84. The first-order valence-electron chi connectivity index (χ1n) is 5.00. The van der Waals surface area contributed by atoms with Gasteiger partial charge in [0.15, 0.2) is 5.78 Å². The van der Waals surface area contributed by atoms with Crippen LogP contribution in [0.1, 0.15) is 20.8 Å². The molecule has 0 saturated heterocycles. The number of ketones is 1. The molecule has 0 aromatic rings. The summed E-state index contributed by atoms with van der Waals surface area (Å²) >= 11 is 5.39. The molecule has 0 spiro atoms. The van der Waals surface area contributed by atoms with Crippen molar-refractivity contribution >= 4 is 23.5 Å². The number of ether oxygens (including phenoxy) is 1. The summed E-state index contributed by atoms with van der Waals surface area (Å²) in [5, 5.41) is 0.